The minimum Gasteiger partial charge on any atom is -0.377 e. The largest absolute Gasteiger partial charge is 0.377 e. The van der Waals surface area contributed by atoms with Crippen LogP contribution in [0.3, 0.4) is 0 Å². The predicted octanol–water partition coefficient (Wildman–Crippen LogP) is 4.07. The highest BCUT2D eigenvalue weighted by Crippen LogP contribution is 2.24. The van der Waals surface area contributed by atoms with Gasteiger partial charge in [0, 0.05) is 27.6 Å². The summed E-state index contributed by atoms with van der Waals surface area (Å²) in [5.41, 5.74) is 2.02. The molecular formula is C13H10BrN3S. The molecular weight excluding hydrogens is 310 g/mol. The van der Waals surface area contributed by atoms with E-state index in [1.165, 1.54) is 0 Å². The lowest BCUT2D eigenvalue weighted by Gasteiger charge is -2.07. The molecule has 0 saturated carbocycles. The van der Waals surface area contributed by atoms with Gasteiger partial charge in [0.15, 0.2) is 0 Å². The smallest absolute Gasteiger partial charge is 0.112 e. The Hall–Kier alpha value is -1.46. The summed E-state index contributed by atoms with van der Waals surface area (Å²) in [7, 11) is 0. The Morgan fingerprint density at radius 3 is 3.06 bits per heavy atom. The van der Waals surface area contributed by atoms with E-state index in [2.05, 4.69) is 43.3 Å². The number of thiazole rings is 1. The van der Waals surface area contributed by atoms with E-state index < -0.39 is 0 Å². The van der Waals surface area contributed by atoms with E-state index in [9.17, 15) is 0 Å². The number of aromatic nitrogens is 2. The van der Waals surface area contributed by atoms with Crippen LogP contribution >= 0.6 is 27.3 Å². The molecule has 0 bridgehead atoms. The number of halogens is 1. The van der Waals surface area contributed by atoms with E-state index in [1.807, 2.05) is 29.9 Å². The first-order chi connectivity index (χ1) is 8.83. The Labute approximate surface area is 117 Å². The van der Waals surface area contributed by atoms with Gasteiger partial charge in [-0.1, -0.05) is 12.1 Å². The van der Waals surface area contributed by atoms with Gasteiger partial charge >= 0.3 is 0 Å². The van der Waals surface area contributed by atoms with Crippen molar-refractivity contribution < 1.29 is 0 Å². The normalized spacial score (nSPS) is 10.7. The molecule has 0 unspecified atom stereocenters. The van der Waals surface area contributed by atoms with E-state index in [1.54, 1.807) is 11.3 Å². The molecule has 1 N–H and O–H groups in total. The maximum absolute atomic E-state index is 4.45. The zero-order chi connectivity index (χ0) is 12.4. The molecule has 1 aromatic carbocycles. The van der Waals surface area contributed by atoms with E-state index in [0.29, 0.717) is 0 Å². The molecule has 0 saturated heterocycles. The summed E-state index contributed by atoms with van der Waals surface area (Å²) >= 11 is 5.08. The lowest BCUT2D eigenvalue weighted by atomic mass is 10.2. The van der Waals surface area contributed by atoms with Crippen molar-refractivity contribution in [3.8, 4) is 0 Å². The lowest BCUT2D eigenvalue weighted by molar-refractivity contribution is 1.10. The Bertz CT molecular complexity index is 667. The fraction of sp³-hybridized carbons (Fsp3) is 0.0769. The first kappa shape index (κ1) is 11.6. The van der Waals surface area contributed by atoms with Gasteiger partial charge in [-0.05, 0) is 28.1 Å². The van der Waals surface area contributed by atoms with E-state index in [4.69, 9.17) is 0 Å². The fourth-order valence-corrected chi connectivity index (χ4v) is 2.69. The minimum absolute atomic E-state index is 0.731. The van der Waals surface area contributed by atoms with Crippen LogP contribution in [-0.4, -0.2) is 9.97 Å². The molecule has 18 heavy (non-hydrogen) atoms. The number of hydrogen-bond donors (Lipinski definition) is 1. The topological polar surface area (TPSA) is 37.8 Å². The summed E-state index contributed by atoms with van der Waals surface area (Å²) in [5, 5.41) is 7.55. The molecule has 0 fully saturated rings. The van der Waals surface area contributed by atoms with Crippen LogP contribution in [0.4, 0.5) is 5.69 Å². The van der Waals surface area contributed by atoms with Gasteiger partial charge < -0.3 is 5.32 Å². The van der Waals surface area contributed by atoms with Gasteiger partial charge in [0.1, 0.15) is 5.01 Å². The molecule has 0 atom stereocenters. The van der Waals surface area contributed by atoms with Crippen molar-refractivity contribution in [1.29, 1.82) is 0 Å². The van der Waals surface area contributed by atoms with Crippen molar-refractivity contribution in [2.75, 3.05) is 5.32 Å². The highest BCUT2D eigenvalue weighted by Gasteiger charge is 2.03. The maximum atomic E-state index is 4.45. The van der Waals surface area contributed by atoms with E-state index in [0.717, 1.165) is 32.6 Å². The average molecular weight is 320 g/mol. The first-order valence-corrected chi connectivity index (χ1v) is 7.17. The Kier molecular flexibility index (Phi) is 3.25. The third kappa shape index (κ3) is 2.37. The molecule has 0 aliphatic heterocycles. The van der Waals surface area contributed by atoms with Gasteiger partial charge in [-0.25, -0.2) is 4.98 Å². The molecule has 5 heteroatoms. The number of para-hydroxylation sites is 1. The molecule has 0 aliphatic carbocycles. The number of nitrogens with zero attached hydrogens (tertiary/aromatic N) is 2. The van der Waals surface area contributed by atoms with Crippen LogP contribution in [0.5, 0.6) is 0 Å². The minimum atomic E-state index is 0.731. The summed E-state index contributed by atoms with van der Waals surface area (Å²) in [5.74, 6) is 0. The third-order valence-corrected chi connectivity index (χ3v) is 3.80. The molecule has 2 aromatic heterocycles. The molecule has 0 amide bonds. The highest BCUT2D eigenvalue weighted by atomic mass is 79.9. The molecule has 0 aliphatic rings. The fourth-order valence-electron chi connectivity index (χ4n) is 1.79. The van der Waals surface area contributed by atoms with Gasteiger partial charge in [0.2, 0.25) is 0 Å². The number of rotatable bonds is 3. The molecule has 2 heterocycles. The van der Waals surface area contributed by atoms with Gasteiger partial charge in [-0.15, -0.1) is 11.3 Å². The van der Waals surface area contributed by atoms with Crippen molar-refractivity contribution in [2.45, 2.75) is 6.54 Å². The SMILES string of the molecule is Brc1cnc2c(NCc3nccs3)cccc2c1. The summed E-state index contributed by atoms with van der Waals surface area (Å²) in [4.78, 5) is 8.71. The van der Waals surface area contributed by atoms with Crippen molar-refractivity contribution in [3.05, 3.63) is 51.5 Å². The molecule has 0 spiro atoms. The van der Waals surface area contributed by atoms with Crippen LogP contribution in [0.25, 0.3) is 10.9 Å². The molecule has 0 radical (unpaired) electrons. The van der Waals surface area contributed by atoms with Gasteiger partial charge in [0.05, 0.1) is 17.7 Å². The van der Waals surface area contributed by atoms with Crippen LogP contribution in [0.2, 0.25) is 0 Å². The summed E-state index contributed by atoms with van der Waals surface area (Å²) in [6.07, 6.45) is 3.64. The second-order valence-electron chi connectivity index (χ2n) is 3.81. The van der Waals surface area contributed by atoms with E-state index >= 15 is 0 Å². The van der Waals surface area contributed by atoms with Gasteiger partial charge in [-0.2, -0.15) is 0 Å². The quantitative estimate of drug-likeness (QED) is 0.790. The van der Waals surface area contributed by atoms with E-state index in [-0.39, 0.29) is 0 Å². The predicted molar refractivity (Wildman–Crippen MR) is 78.9 cm³/mol. The molecule has 3 rings (SSSR count). The number of anilines is 1. The van der Waals surface area contributed by atoms with Crippen LogP contribution in [0, 0.1) is 0 Å². The first-order valence-electron chi connectivity index (χ1n) is 5.49. The Morgan fingerprint density at radius 1 is 1.28 bits per heavy atom. The number of fused-ring (bicyclic) bond motifs is 1. The lowest BCUT2D eigenvalue weighted by Crippen LogP contribution is -1.99. The van der Waals surface area contributed by atoms with Gasteiger partial charge in [0.25, 0.3) is 0 Å². The molecule has 90 valence electrons. The van der Waals surface area contributed by atoms with Crippen molar-refractivity contribution >= 4 is 43.9 Å². The standard InChI is InChI=1S/C13H10BrN3S/c14-10-6-9-2-1-3-11(13(9)17-7-10)16-8-12-15-4-5-18-12/h1-7,16H,8H2. The van der Waals surface area contributed by atoms with Crippen LogP contribution in [0.15, 0.2) is 46.5 Å². The zero-order valence-corrected chi connectivity index (χ0v) is 11.8. The highest BCUT2D eigenvalue weighted by molar-refractivity contribution is 9.10. The second-order valence-corrected chi connectivity index (χ2v) is 5.71. The number of benzene rings is 1. The average Bonchev–Trinajstić information content (AvgIpc) is 2.89. The number of hydrogen-bond acceptors (Lipinski definition) is 4. The maximum Gasteiger partial charge on any atom is 0.112 e. The summed E-state index contributed by atoms with van der Waals surface area (Å²) < 4.78 is 0.993. The molecule has 3 aromatic rings. The van der Waals surface area contributed by atoms with Crippen LogP contribution in [-0.2, 0) is 6.54 Å². The summed E-state index contributed by atoms with van der Waals surface area (Å²) in [6, 6.07) is 8.19. The van der Waals surface area contributed by atoms with Crippen molar-refractivity contribution in [2.24, 2.45) is 0 Å². The van der Waals surface area contributed by atoms with Crippen molar-refractivity contribution in [1.82, 2.24) is 9.97 Å². The summed E-state index contributed by atoms with van der Waals surface area (Å²) in [6.45, 7) is 0.731. The number of pyridine rings is 1. The second kappa shape index (κ2) is 5.04. The van der Waals surface area contributed by atoms with Crippen LogP contribution < -0.4 is 5.32 Å². The van der Waals surface area contributed by atoms with Gasteiger partial charge in [-0.3, -0.25) is 4.98 Å². The van der Waals surface area contributed by atoms with Crippen LogP contribution in [0.1, 0.15) is 5.01 Å². The molecule has 3 nitrogen and oxygen atoms in total. The van der Waals surface area contributed by atoms with Crippen molar-refractivity contribution in [3.63, 3.8) is 0 Å². The Morgan fingerprint density at radius 2 is 2.22 bits per heavy atom. The Balaban J connectivity index is 1.92. The number of nitrogens with one attached hydrogen (secondary N) is 1. The monoisotopic (exact) mass is 319 g/mol. The third-order valence-electron chi connectivity index (χ3n) is 2.59. The zero-order valence-electron chi connectivity index (χ0n) is 9.43.